The Kier molecular flexibility index (Phi) is 2.29. The van der Waals surface area contributed by atoms with Crippen molar-refractivity contribution in [3.63, 3.8) is 0 Å². The number of carboxylic acids is 1. The average molecular weight is 225 g/mol. The summed E-state index contributed by atoms with van der Waals surface area (Å²) in [5, 5.41) is 8.77. The molecule has 0 aliphatic heterocycles. The summed E-state index contributed by atoms with van der Waals surface area (Å²) in [7, 11) is 0. The fraction of sp³-hybridized carbons (Fsp3) is 0.111. The first-order valence-electron chi connectivity index (χ1n) is 4.10. The first kappa shape index (κ1) is 9.88. The molecule has 0 saturated heterocycles. The number of carboxylic acid groups (broad SMARTS) is 1. The lowest BCUT2D eigenvalue weighted by atomic mass is 10.1. The lowest BCUT2D eigenvalue weighted by molar-refractivity contribution is -0.138. The summed E-state index contributed by atoms with van der Waals surface area (Å²) < 4.78 is 5.35. The first-order valence-corrected chi connectivity index (χ1v) is 4.92. The summed E-state index contributed by atoms with van der Waals surface area (Å²) in [4.78, 5) is 21.3. The van der Waals surface area contributed by atoms with Crippen LogP contribution in [0.3, 0.4) is 0 Å². The van der Waals surface area contributed by atoms with Crippen LogP contribution in [-0.4, -0.2) is 11.1 Å². The highest BCUT2D eigenvalue weighted by molar-refractivity contribution is 7.16. The van der Waals surface area contributed by atoms with Gasteiger partial charge in [0.2, 0.25) is 0 Å². The highest BCUT2D eigenvalue weighted by atomic mass is 32.1. The molecule has 0 bridgehead atoms. The zero-order valence-corrected chi connectivity index (χ0v) is 8.28. The number of carbonyl (C=O) groups is 1. The summed E-state index contributed by atoms with van der Waals surface area (Å²) in [6, 6.07) is 3.65. The van der Waals surface area contributed by atoms with E-state index in [2.05, 4.69) is 0 Å². The molecule has 2 rings (SSSR count). The lowest BCUT2D eigenvalue weighted by Gasteiger charge is -2.06. The maximum atomic E-state index is 11.0. The van der Waals surface area contributed by atoms with Gasteiger partial charge in [0.15, 0.2) is 0 Å². The Morgan fingerprint density at radius 1 is 1.53 bits per heavy atom. The number of hydrogen-bond acceptors (Lipinski definition) is 5. The molecular formula is C9H7NO4S. The van der Waals surface area contributed by atoms with Gasteiger partial charge >= 0.3 is 10.9 Å². The molecule has 0 fully saturated rings. The molecule has 1 unspecified atom stereocenters. The van der Waals surface area contributed by atoms with Crippen molar-refractivity contribution in [2.24, 2.45) is 5.73 Å². The van der Waals surface area contributed by atoms with E-state index < -0.39 is 17.0 Å². The van der Waals surface area contributed by atoms with Gasteiger partial charge in [0.05, 0.1) is 4.70 Å². The topological polar surface area (TPSA) is 93.5 Å². The lowest BCUT2D eigenvalue weighted by Crippen LogP contribution is -2.20. The van der Waals surface area contributed by atoms with Crippen molar-refractivity contribution in [1.29, 1.82) is 0 Å². The van der Waals surface area contributed by atoms with Gasteiger partial charge in [0.25, 0.3) is 0 Å². The molecule has 0 radical (unpaired) electrons. The second-order valence-corrected chi connectivity index (χ2v) is 3.89. The molecular weight excluding hydrogens is 218 g/mol. The van der Waals surface area contributed by atoms with Crippen LogP contribution < -0.4 is 10.7 Å². The van der Waals surface area contributed by atoms with Crippen LogP contribution in [0.4, 0.5) is 0 Å². The van der Waals surface area contributed by atoms with E-state index in [4.69, 9.17) is 15.3 Å². The minimum Gasteiger partial charge on any atom is -0.480 e. The van der Waals surface area contributed by atoms with Crippen molar-refractivity contribution in [3.05, 3.63) is 33.5 Å². The maximum absolute atomic E-state index is 11.0. The summed E-state index contributed by atoms with van der Waals surface area (Å²) in [6.07, 6.45) is 0. The minimum absolute atomic E-state index is 0.374. The summed E-state index contributed by atoms with van der Waals surface area (Å²) in [5.74, 6) is -1.14. The molecule has 15 heavy (non-hydrogen) atoms. The van der Waals surface area contributed by atoms with Gasteiger partial charge in [-0.05, 0) is 6.07 Å². The third-order valence-corrected chi connectivity index (χ3v) is 2.88. The van der Waals surface area contributed by atoms with E-state index in [9.17, 15) is 9.59 Å². The largest absolute Gasteiger partial charge is 0.480 e. The number of rotatable bonds is 2. The van der Waals surface area contributed by atoms with Crippen LogP contribution in [0.25, 0.3) is 10.3 Å². The zero-order chi connectivity index (χ0) is 11.0. The number of benzene rings is 1. The molecule has 6 heteroatoms. The monoisotopic (exact) mass is 225 g/mol. The van der Waals surface area contributed by atoms with Gasteiger partial charge in [0.1, 0.15) is 11.6 Å². The molecule has 5 nitrogen and oxygen atoms in total. The number of aliphatic carboxylic acids is 1. The van der Waals surface area contributed by atoms with Gasteiger partial charge in [-0.3, -0.25) is 4.79 Å². The summed E-state index contributed by atoms with van der Waals surface area (Å²) >= 11 is 0.859. The highest BCUT2D eigenvalue weighted by Gasteiger charge is 2.18. The smallest absolute Gasteiger partial charge is 0.396 e. The summed E-state index contributed by atoms with van der Waals surface area (Å²) in [5.41, 5.74) is 6.25. The Balaban J connectivity index is 2.70. The molecule has 0 saturated carbocycles. The second kappa shape index (κ2) is 3.48. The molecule has 1 aromatic heterocycles. The Morgan fingerprint density at radius 2 is 2.27 bits per heavy atom. The van der Waals surface area contributed by atoms with E-state index in [0.717, 1.165) is 11.3 Å². The number of nitrogens with two attached hydrogens (primary N) is 1. The molecule has 2 aromatic rings. The van der Waals surface area contributed by atoms with E-state index in [1.165, 1.54) is 0 Å². The van der Waals surface area contributed by atoms with E-state index >= 15 is 0 Å². The van der Waals surface area contributed by atoms with Crippen LogP contribution in [0.15, 0.2) is 27.4 Å². The third kappa shape index (κ3) is 1.64. The molecule has 0 spiro atoms. The van der Waals surface area contributed by atoms with Gasteiger partial charge in [-0.2, -0.15) is 0 Å². The van der Waals surface area contributed by atoms with Crippen molar-refractivity contribution in [2.75, 3.05) is 0 Å². The Bertz CT molecular complexity index is 571. The van der Waals surface area contributed by atoms with Crippen molar-refractivity contribution in [3.8, 4) is 0 Å². The van der Waals surface area contributed by atoms with Crippen LogP contribution in [-0.2, 0) is 4.79 Å². The fourth-order valence-electron chi connectivity index (χ4n) is 1.29. The van der Waals surface area contributed by atoms with Crippen molar-refractivity contribution in [2.45, 2.75) is 6.04 Å². The highest BCUT2D eigenvalue weighted by Crippen LogP contribution is 2.25. The van der Waals surface area contributed by atoms with Gasteiger partial charge < -0.3 is 15.3 Å². The fourth-order valence-corrected chi connectivity index (χ4v) is 2.12. The summed E-state index contributed by atoms with van der Waals surface area (Å²) in [6.45, 7) is 0. The standard InChI is InChI=1S/C9H7NO4S/c10-6(8(11)12)4-2-1-3-5-7(4)15-9(13)14-5/h1-3,6H,10H2,(H,11,12). The van der Waals surface area contributed by atoms with Crippen LogP contribution in [0.1, 0.15) is 11.6 Å². The van der Waals surface area contributed by atoms with E-state index in [-0.39, 0.29) is 0 Å². The average Bonchev–Trinajstić information content (AvgIpc) is 2.56. The van der Waals surface area contributed by atoms with E-state index in [1.54, 1.807) is 18.2 Å². The van der Waals surface area contributed by atoms with Crippen molar-refractivity contribution in [1.82, 2.24) is 0 Å². The molecule has 0 aliphatic rings. The van der Waals surface area contributed by atoms with E-state index in [0.29, 0.717) is 15.8 Å². The van der Waals surface area contributed by atoms with Crippen LogP contribution in [0.2, 0.25) is 0 Å². The van der Waals surface area contributed by atoms with Crippen LogP contribution >= 0.6 is 11.3 Å². The van der Waals surface area contributed by atoms with Gasteiger partial charge in [0, 0.05) is 5.56 Å². The van der Waals surface area contributed by atoms with Crippen molar-refractivity contribution < 1.29 is 14.3 Å². The number of fused-ring (bicyclic) bond motifs is 1. The Morgan fingerprint density at radius 3 is 2.93 bits per heavy atom. The predicted molar refractivity (Wildman–Crippen MR) is 54.9 cm³/mol. The molecule has 3 N–H and O–H groups in total. The zero-order valence-electron chi connectivity index (χ0n) is 7.47. The Labute approximate surface area is 87.7 Å². The van der Waals surface area contributed by atoms with Crippen LogP contribution in [0, 0.1) is 0 Å². The molecule has 1 heterocycles. The molecule has 0 aliphatic carbocycles. The Hall–Kier alpha value is -1.66. The predicted octanol–water partition coefficient (Wildman–Crippen LogP) is 0.939. The SMILES string of the molecule is NC(C(=O)O)c1cccc2oc(=O)sc12. The maximum Gasteiger partial charge on any atom is 0.396 e. The van der Waals surface area contributed by atoms with Gasteiger partial charge in [-0.1, -0.05) is 23.5 Å². The third-order valence-electron chi connectivity index (χ3n) is 1.99. The number of hydrogen-bond donors (Lipinski definition) is 2. The van der Waals surface area contributed by atoms with Gasteiger partial charge in [-0.25, -0.2) is 4.79 Å². The molecule has 0 amide bonds. The van der Waals surface area contributed by atoms with E-state index in [1.807, 2.05) is 0 Å². The molecule has 1 aromatic carbocycles. The minimum atomic E-state index is -1.14. The quantitative estimate of drug-likeness (QED) is 0.793. The molecule has 78 valence electrons. The van der Waals surface area contributed by atoms with Crippen LogP contribution in [0.5, 0.6) is 0 Å². The normalized spacial score (nSPS) is 12.9. The second-order valence-electron chi connectivity index (χ2n) is 2.94. The first-order chi connectivity index (χ1) is 7.09. The molecule has 1 atom stereocenters. The van der Waals surface area contributed by atoms with Gasteiger partial charge in [-0.15, -0.1) is 0 Å². The van der Waals surface area contributed by atoms with Crippen molar-refractivity contribution >= 4 is 27.6 Å².